The first kappa shape index (κ1) is 11.6. The summed E-state index contributed by atoms with van der Waals surface area (Å²) < 4.78 is 4.07. The zero-order valence-corrected chi connectivity index (χ0v) is 10.7. The minimum atomic E-state index is 0.662. The summed E-state index contributed by atoms with van der Waals surface area (Å²) in [6.45, 7) is 3.62. The molecule has 0 saturated heterocycles. The maximum absolute atomic E-state index is 11.1. The van der Waals surface area contributed by atoms with Crippen LogP contribution >= 0.6 is 0 Å². The Morgan fingerprint density at radius 2 is 2.26 bits per heavy atom. The van der Waals surface area contributed by atoms with Gasteiger partial charge in [-0.3, -0.25) is 4.79 Å². The van der Waals surface area contributed by atoms with Crippen molar-refractivity contribution in [3.63, 3.8) is 0 Å². The van der Waals surface area contributed by atoms with Crippen LogP contribution in [-0.4, -0.2) is 25.4 Å². The van der Waals surface area contributed by atoms with Crippen molar-refractivity contribution in [2.24, 2.45) is 0 Å². The van der Waals surface area contributed by atoms with E-state index in [0.29, 0.717) is 12.1 Å². The zero-order valence-electron chi connectivity index (χ0n) is 10.7. The summed E-state index contributed by atoms with van der Waals surface area (Å²) in [5.74, 6) is 0. The van der Waals surface area contributed by atoms with E-state index in [1.165, 1.54) is 0 Å². The molecule has 0 aliphatic heterocycles. The second-order valence-corrected chi connectivity index (χ2v) is 4.38. The third-order valence-electron chi connectivity index (χ3n) is 3.26. The molecule has 0 saturated carbocycles. The van der Waals surface area contributed by atoms with Crippen molar-refractivity contribution in [2.45, 2.75) is 20.0 Å². The number of aryl methyl sites for hydroxylation is 1. The fourth-order valence-electron chi connectivity index (χ4n) is 2.30. The van der Waals surface area contributed by atoms with Crippen LogP contribution in [0.1, 0.15) is 23.0 Å². The van der Waals surface area contributed by atoms with Gasteiger partial charge in [-0.25, -0.2) is 9.97 Å². The molecule has 0 atom stereocenters. The molecular formula is C14H14N4O. The maximum Gasteiger partial charge on any atom is 0.152 e. The van der Waals surface area contributed by atoms with Gasteiger partial charge in [-0.05, 0) is 19.1 Å². The number of carbonyl (C=O) groups excluding carboxylic acids is 1. The first-order valence-corrected chi connectivity index (χ1v) is 6.21. The molecule has 0 bridgehead atoms. The lowest BCUT2D eigenvalue weighted by atomic mass is 10.2. The van der Waals surface area contributed by atoms with Crippen LogP contribution in [-0.2, 0) is 13.1 Å². The molecule has 3 rings (SSSR count). The molecule has 0 aliphatic rings. The minimum Gasteiger partial charge on any atom is -0.333 e. The van der Waals surface area contributed by atoms with E-state index >= 15 is 0 Å². The summed E-state index contributed by atoms with van der Waals surface area (Å²) in [5.41, 5.74) is 2.60. The SMILES string of the molecule is CCn1cncc1Cn1cc(C=O)c2cccnc21. The van der Waals surface area contributed by atoms with Crippen LogP contribution in [0.15, 0.2) is 37.1 Å². The van der Waals surface area contributed by atoms with Crippen LogP contribution in [0.2, 0.25) is 0 Å². The van der Waals surface area contributed by atoms with Gasteiger partial charge < -0.3 is 9.13 Å². The van der Waals surface area contributed by atoms with E-state index in [2.05, 4.69) is 21.5 Å². The Morgan fingerprint density at radius 1 is 1.37 bits per heavy atom. The Morgan fingerprint density at radius 3 is 3.05 bits per heavy atom. The van der Waals surface area contributed by atoms with Gasteiger partial charge in [0.05, 0.1) is 18.6 Å². The standard InChI is InChI=1S/C14H14N4O/c1-2-17-10-15-6-12(17)8-18-7-11(9-19)13-4-3-5-16-14(13)18/h3-7,9-10H,2,8H2,1H3. The van der Waals surface area contributed by atoms with Crippen molar-refractivity contribution in [2.75, 3.05) is 0 Å². The third kappa shape index (κ3) is 1.93. The van der Waals surface area contributed by atoms with E-state index in [4.69, 9.17) is 0 Å². The van der Waals surface area contributed by atoms with Gasteiger partial charge in [-0.1, -0.05) is 0 Å². The van der Waals surface area contributed by atoms with Crippen molar-refractivity contribution < 1.29 is 4.79 Å². The largest absolute Gasteiger partial charge is 0.333 e. The molecule has 0 spiro atoms. The van der Waals surface area contributed by atoms with Gasteiger partial charge in [-0.2, -0.15) is 0 Å². The van der Waals surface area contributed by atoms with Gasteiger partial charge in [0.2, 0.25) is 0 Å². The van der Waals surface area contributed by atoms with Gasteiger partial charge in [0.1, 0.15) is 5.65 Å². The van der Waals surface area contributed by atoms with Crippen molar-refractivity contribution in [3.05, 3.63) is 48.3 Å². The molecular weight excluding hydrogens is 240 g/mol. The number of nitrogens with zero attached hydrogens (tertiary/aromatic N) is 4. The molecule has 5 nitrogen and oxygen atoms in total. The summed E-state index contributed by atoms with van der Waals surface area (Å²) in [7, 11) is 0. The number of aldehydes is 1. The van der Waals surface area contributed by atoms with Gasteiger partial charge >= 0.3 is 0 Å². The lowest BCUT2D eigenvalue weighted by molar-refractivity contribution is 0.112. The average Bonchev–Trinajstić information content (AvgIpc) is 3.04. The van der Waals surface area contributed by atoms with Gasteiger partial charge in [0.15, 0.2) is 6.29 Å². The van der Waals surface area contributed by atoms with Gasteiger partial charge in [-0.15, -0.1) is 0 Å². The van der Waals surface area contributed by atoms with Crippen molar-refractivity contribution in [1.29, 1.82) is 0 Å². The number of rotatable bonds is 4. The predicted molar refractivity (Wildman–Crippen MR) is 72.1 cm³/mol. The molecule has 5 heteroatoms. The summed E-state index contributed by atoms with van der Waals surface area (Å²) in [6.07, 6.45) is 8.12. The Hall–Kier alpha value is -2.43. The normalized spacial score (nSPS) is 11.0. The molecule has 0 unspecified atom stereocenters. The molecule has 0 aliphatic carbocycles. The van der Waals surface area contributed by atoms with E-state index in [-0.39, 0.29) is 0 Å². The van der Waals surface area contributed by atoms with Crippen molar-refractivity contribution >= 4 is 17.3 Å². The van der Waals surface area contributed by atoms with E-state index in [1.54, 1.807) is 6.20 Å². The monoisotopic (exact) mass is 254 g/mol. The van der Waals surface area contributed by atoms with Crippen LogP contribution in [0.3, 0.4) is 0 Å². The predicted octanol–water partition coefficient (Wildman–Crippen LogP) is 2.11. The summed E-state index contributed by atoms with van der Waals surface area (Å²) >= 11 is 0. The van der Waals surface area contributed by atoms with Crippen LogP contribution in [0.4, 0.5) is 0 Å². The second-order valence-electron chi connectivity index (χ2n) is 4.38. The number of hydrogen-bond donors (Lipinski definition) is 0. The first-order valence-electron chi connectivity index (χ1n) is 6.21. The first-order chi connectivity index (χ1) is 9.33. The van der Waals surface area contributed by atoms with Crippen LogP contribution in [0, 0.1) is 0 Å². The number of aromatic nitrogens is 4. The molecule has 3 aromatic rings. The second kappa shape index (κ2) is 4.68. The van der Waals surface area contributed by atoms with Crippen molar-refractivity contribution in [3.8, 4) is 0 Å². The van der Waals surface area contributed by atoms with E-state index in [1.807, 2.05) is 35.4 Å². The summed E-state index contributed by atoms with van der Waals surface area (Å²) in [4.78, 5) is 19.6. The van der Waals surface area contributed by atoms with E-state index in [0.717, 1.165) is 29.6 Å². The molecule has 0 aromatic carbocycles. The number of fused-ring (bicyclic) bond motifs is 1. The highest BCUT2D eigenvalue weighted by molar-refractivity contribution is 5.95. The Balaban J connectivity index is 2.08. The lowest BCUT2D eigenvalue weighted by Gasteiger charge is -2.07. The number of carbonyl (C=O) groups is 1. The van der Waals surface area contributed by atoms with Crippen molar-refractivity contribution in [1.82, 2.24) is 19.1 Å². The molecule has 0 N–H and O–H groups in total. The lowest BCUT2D eigenvalue weighted by Crippen LogP contribution is -2.05. The zero-order chi connectivity index (χ0) is 13.2. The highest BCUT2D eigenvalue weighted by atomic mass is 16.1. The molecule has 3 heterocycles. The quantitative estimate of drug-likeness (QED) is 0.670. The highest BCUT2D eigenvalue weighted by Gasteiger charge is 2.10. The highest BCUT2D eigenvalue weighted by Crippen LogP contribution is 2.19. The fraction of sp³-hybridized carbons (Fsp3) is 0.214. The molecule has 96 valence electrons. The van der Waals surface area contributed by atoms with Crippen LogP contribution in [0.25, 0.3) is 11.0 Å². The Labute approximate surface area is 110 Å². The number of imidazole rings is 1. The average molecular weight is 254 g/mol. The minimum absolute atomic E-state index is 0.662. The topological polar surface area (TPSA) is 52.7 Å². The van der Waals surface area contributed by atoms with E-state index in [9.17, 15) is 4.79 Å². The number of hydrogen-bond acceptors (Lipinski definition) is 3. The molecule has 19 heavy (non-hydrogen) atoms. The van der Waals surface area contributed by atoms with Gasteiger partial charge in [0, 0.05) is 36.1 Å². The fourth-order valence-corrected chi connectivity index (χ4v) is 2.30. The summed E-state index contributed by atoms with van der Waals surface area (Å²) in [5, 5.41) is 0.889. The molecule has 0 radical (unpaired) electrons. The van der Waals surface area contributed by atoms with Crippen LogP contribution < -0.4 is 0 Å². The number of pyridine rings is 1. The smallest absolute Gasteiger partial charge is 0.152 e. The Kier molecular flexibility index (Phi) is 2.87. The summed E-state index contributed by atoms with van der Waals surface area (Å²) in [6, 6.07) is 3.76. The molecule has 3 aromatic heterocycles. The van der Waals surface area contributed by atoms with Gasteiger partial charge in [0.25, 0.3) is 0 Å². The molecule has 0 fully saturated rings. The Bertz CT molecular complexity index is 726. The van der Waals surface area contributed by atoms with E-state index < -0.39 is 0 Å². The molecule has 0 amide bonds. The maximum atomic E-state index is 11.1. The van der Waals surface area contributed by atoms with Crippen LogP contribution in [0.5, 0.6) is 0 Å². The third-order valence-corrected chi connectivity index (χ3v) is 3.26.